The summed E-state index contributed by atoms with van der Waals surface area (Å²) in [6.45, 7) is 8.62. The Morgan fingerprint density at radius 2 is 1.68 bits per heavy atom. The molecular weight excluding hydrogens is 410 g/mol. The molecule has 1 fully saturated rings. The Balaban J connectivity index is 1.68. The molecule has 1 saturated heterocycles. The van der Waals surface area contributed by atoms with Crippen molar-refractivity contribution in [3.63, 3.8) is 0 Å². The van der Waals surface area contributed by atoms with E-state index in [-0.39, 0.29) is 22.3 Å². The number of nitrogens with zero attached hydrogens (tertiary/aromatic N) is 2. The first-order chi connectivity index (χ1) is 14.6. The quantitative estimate of drug-likeness (QED) is 0.714. The maximum Gasteiger partial charge on any atom is 0.251 e. The van der Waals surface area contributed by atoms with Gasteiger partial charge in [0.05, 0.1) is 4.90 Å². The summed E-state index contributed by atoms with van der Waals surface area (Å²) in [6.07, 6.45) is 0.766. The van der Waals surface area contributed by atoms with Gasteiger partial charge < -0.3 is 10.2 Å². The molecule has 0 bridgehead atoms. The normalized spacial score (nSPS) is 17.3. The fraction of sp³-hybridized carbons (Fsp3) is 0.458. The molecule has 3 rings (SSSR count). The summed E-state index contributed by atoms with van der Waals surface area (Å²) in [5, 5.41) is 3.03. The maximum atomic E-state index is 13.0. The predicted octanol–water partition coefficient (Wildman–Crippen LogP) is 3.11. The number of hydrogen-bond acceptors (Lipinski definition) is 4. The number of amides is 1. The summed E-state index contributed by atoms with van der Waals surface area (Å²) >= 11 is 0. The Labute approximate surface area is 186 Å². The molecule has 1 aliphatic rings. The van der Waals surface area contributed by atoms with Crippen LogP contribution in [0.3, 0.4) is 0 Å². The highest BCUT2D eigenvalue weighted by Gasteiger charge is 2.28. The van der Waals surface area contributed by atoms with Crippen molar-refractivity contribution in [2.75, 3.05) is 33.2 Å². The SMILES string of the molecule is C[C@@H](CC(C)(C)c1ccccc1)NC(=O)c1cccc(S(=O)(=O)N2CCN(C)CC2)c1. The molecule has 0 aliphatic carbocycles. The highest BCUT2D eigenvalue weighted by molar-refractivity contribution is 7.89. The number of piperazine rings is 1. The first-order valence-corrected chi connectivity index (χ1v) is 12.2. The third-order valence-electron chi connectivity index (χ3n) is 5.95. The Kier molecular flexibility index (Phi) is 7.19. The van der Waals surface area contributed by atoms with Gasteiger partial charge in [0.2, 0.25) is 10.0 Å². The van der Waals surface area contributed by atoms with Gasteiger partial charge in [-0.05, 0) is 49.6 Å². The Bertz CT molecular complexity index is 998. The molecule has 0 radical (unpaired) electrons. The van der Waals surface area contributed by atoms with Crippen LogP contribution in [0.25, 0.3) is 0 Å². The summed E-state index contributed by atoms with van der Waals surface area (Å²) in [4.78, 5) is 15.1. The second kappa shape index (κ2) is 9.51. The average Bonchev–Trinajstić information content (AvgIpc) is 2.74. The molecule has 0 unspecified atom stereocenters. The van der Waals surface area contributed by atoms with Crippen molar-refractivity contribution in [1.29, 1.82) is 0 Å². The lowest BCUT2D eigenvalue weighted by Crippen LogP contribution is -2.47. The molecule has 2 aromatic rings. The molecule has 2 aromatic carbocycles. The number of benzene rings is 2. The van der Waals surface area contributed by atoms with Crippen LogP contribution in [0.2, 0.25) is 0 Å². The molecule has 1 N–H and O–H groups in total. The minimum Gasteiger partial charge on any atom is -0.350 e. The zero-order chi connectivity index (χ0) is 22.6. The lowest BCUT2D eigenvalue weighted by molar-refractivity contribution is 0.0934. The van der Waals surface area contributed by atoms with Crippen molar-refractivity contribution in [3.05, 3.63) is 65.7 Å². The van der Waals surface area contributed by atoms with Gasteiger partial charge in [0.1, 0.15) is 0 Å². The van der Waals surface area contributed by atoms with Crippen molar-refractivity contribution >= 4 is 15.9 Å². The van der Waals surface area contributed by atoms with Gasteiger partial charge in [-0.25, -0.2) is 8.42 Å². The minimum absolute atomic E-state index is 0.0689. The second-order valence-corrected chi connectivity index (χ2v) is 11.0. The average molecular weight is 444 g/mol. The van der Waals surface area contributed by atoms with E-state index in [1.54, 1.807) is 18.2 Å². The highest BCUT2D eigenvalue weighted by atomic mass is 32.2. The number of nitrogens with one attached hydrogen (secondary N) is 1. The Morgan fingerprint density at radius 1 is 1.03 bits per heavy atom. The standard InChI is InChI=1S/C24H33N3O3S/c1-19(18-24(2,3)21-10-6-5-7-11-21)25-23(28)20-9-8-12-22(17-20)31(29,30)27-15-13-26(4)14-16-27/h5-12,17,19H,13-16,18H2,1-4H3,(H,25,28)/t19-/m0/s1. The van der Waals surface area contributed by atoms with Gasteiger partial charge in [-0.2, -0.15) is 4.31 Å². The fourth-order valence-corrected chi connectivity index (χ4v) is 5.57. The van der Waals surface area contributed by atoms with E-state index in [2.05, 4.69) is 36.2 Å². The molecule has 0 spiro atoms. The van der Waals surface area contributed by atoms with Gasteiger partial charge in [0, 0.05) is 37.8 Å². The summed E-state index contributed by atoms with van der Waals surface area (Å²) in [7, 11) is -1.63. The number of hydrogen-bond donors (Lipinski definition) is 1. The Hall–Kier alpha value is -2.22. The lowest BCUT2D eigenvalue weighted by atomic mass is 9.79. The van der Waals surface area contributed by atoms with Gasteiger partial charge in [0.15, 0.2) is 0 Å². The molecule has 1 amide bonds. The number of likely N-dealkylation sites (N-methyl/N-ethyl adjacent to an activating group) is 1. The van der Waals surface area contributed by atoms with Crippen molar-refractivity contribution in [3.8, 4) is 0 Å². The van der Waals surface area contributed by atoms with Gasteiger partial charge in [-0.15, -0.1) is 0 Å². The van der Waals surface area contributed by atoms with E-state index in [0.29, 0.717) is 31.7 Å². The van der Waals surface area contributed by atoms with Crippen LogP contribution in [0.15, 0.2) is 59.5 Å². The third-order valence-corrected chi connectivity index (χ3v) is 7.84. The van der Waals surface area contributed by atoms with Crippen LogP contribution < -0.4 is 5.32 Å². The summed E-state index contributed by atoms with van der Waals surface area (Å²) in [5.41, 5.74) is 1.48. The molecule has 168 valence electrons. The largest absolute Gasteiger partial charge is 0.350 e. The zero-order valence-electron chi connectivity index (χ0n) is 18.8. The zero-order valence-corrected chi connectivity index (χ0v) is 19.7. The van der Waals surface area contributed by atoms with E-state index in [4.69, 9.17) is 0 Å². The van der Waals surface area contributed by atoms with Crippen LogP contribution in [0, 0.1) is 0 Å². The number of carbonyl (C=O) groups is 1. The molecular formula is C24H33N3O3S. The van der Waals surface area contributed by atoms with E-state index >= 15 is 0 Å². The van der Waals surface area contributed by atoms with E-state index < -0.39 is 10.0 Å². The minimum atomic E-state index is -3.61. The summed E-state index contributed by atoms with van der Waals surface area (Å²) in [6, 6.07) is 16.5. The monoisotopic (exact) mass is 443 g/mol. The van der Waals surface area contributed by atoms with Crippen LogP contribution in [-0.4, -0.2) is 62.8 Å². The van der Waals surface area contributed by atoms with Crippen molar-refractivity contribution in [2.45, 2.75) is 43.5 Å². The van der Waals surface area contributed by atoms with Crippen LogP contribution >= 0.6 is 0 Å². The van der Waals surface area contributed by atoms with Crippen molar-refractivity contribution in [2.24, 2.45) is 0 Å². The number of sulfonamides is 1. The van der Waals surface area contributed by atoms with Crippen molar-refractivity contribution in [1.82, 2.24) is 14.5 Å². The van der Waals surface area contributed by atoms with E-state index in [9.17, 15) is 13.2 Å². The van der Waals surface area contributed by atoms with Crippen molar-refractivity contribution < 1.29 is 13.2 Å². The summed E-state index contributed by atoms with van der Waals surface area (Å²) < 4.78 is 27.5. The molecule has 0 aromatic heterocycles. The van der Waals surface area contributed by atoms with E-state index in [1.165, 1.54) is 15.9 Å². The Morgan fingerprint density at radius 3 is 2.32 bits per heavy atom. The van der Waals surface area contributed by atoms with Gasteiger partial charge in [-0.1, -0.05) is 50.2 Å². The van der Waals surface area contributed by atoms with Gasteiger partial charge in [0.25, 0.3) is 5.91 Å². The van der Waals surface area contributed by atoms with E-state index in [0.717, 1.165) is 6.42 Å². The molecule has 6 nitrogen and oxygen atoms in total. The number of carbonyl (C=O) groups excluding carboxylic acids is 1. The maximum absolute atomic E-state index is 13.0. The highest BCUT2D eigenvalue weighted by Crippen LogP contribution is 2.28. The lowest BCUT2D eigenvalue weighted by Gasteiger charge is -2.31. The first kappa shape index (κ1) is 23.4. The fourth-order valence-electron chi connectivity index (χ4n) is 4.11. The van der Waals surface area contributed by atoms with Crippen LogP contribution in [0.5, 0.6) is 0 Å². The van der Waals surface area contributed by atoms with E-state index in [1.807, 2.05) is 32.2 Å². The van der Waals surface area contributed by atoms with Gasteiger partial charge >= 0.3 is 0 Å². The molecule has 0 saturated carbocycles. The second-order valence-electron chi connectivity index (χ2n) is 9.06. The smallest absolute Gasteiger partial charge is 0.251 e. The predicted molar refractivity (Wildman–Crippen MR) is 124 cm³/mol. The number of rotatable bonds is 7. The van der Waals surface area contributed by atoms with Crippen LogP contribution in [0.4, 0.5) is 0 Å². The van der Waals surface area contributed by atoms with Gasteiger partial charge in [-0.3, -0.25) is 4.79 Å². The molecule has 1 heterocycles. The molecule has 7 heteroatoms. The summed E-state index contributed by atoms with van der Waals surface area (Å²) in [5.74, 6) is -0.258. The van der Waals surface area contributed by atoms with Crippen LogP contribution in [-0.2, 0) is 15.4 Å². The topological polar surface area (TPSA) is 69.7 Å². The third kappa shape index (κ3) is 5.73. The van der Waals surface area contributed by atoms with Crippen LogP contribution in [0.1, 0.15) is 43.1 Å². The molecule has 1 aliphatic heterocycles. The first-order valence-electron chi connectivity index (χ1n) is 10.7. The molecule has 1 atom stereocenters. The molecule has 31 heavy (non-hydrogen) atoms.